The molecule has 0 saturated heterocycles. The molecule has 1 heterocycles. The predicted octanol–water partition coefficient (Wildman–Crippen LogP) is 4.37. The summed E-state index contributed by atoms with van der Waals surface area (Å²) >= 11 is 1.48. The second kappa shape index (κ2) is 4.92. The molecule has 5 heteroatoms. The quantitative estimate of drug-likeness (QED) is 0.698. The number of halogens is 3. The molecule has 2 N–H and O–H groups in total. The van der Waals surface area contributed by atoms with Crippen LogP contribution in [0.15, 0.2) is 41.8 Å². The van der Waals surface area contributed by atoms with Crippen molar-refractivity contribution in [2.75, 3.05) is 0 Å². The fourth-order valence-electron chi connectivity index (χ4n) is 2.21. The number of fused-ring (bicyclic) bond motifs is 1. The molecule has 0 radical (unpaired) electrons. The van der Waals surface area contributed by atoms with E-state index in [1.807, 2.05) is 23.6 Å². The van der Waals surface area contributed by atoms with Gasteiger partial charge in [0.1, 0.15) is 0 Å². The highest BCUT2D eigenvalue weighted by Crippen LogP contribution is 2.32. The largest absolute Gasteiger partial charge is 0.320 e. The third-order valence-corrected chi connectivity index (χ3v) is 4.22. The van der Waals surface area contributed by atoms with Gasteiger partial charge in [-0.15, -0.1) is 11.3 Å². The van der Waals surface area contributed by atoms with Gasteiger partial charge in [-0.1, -0.05) is 24.3 Å². The fourth-order valence-corrected chi connectivity index (χ4v) is 3.16. The van der Waals surface area contributed by atoms with Gasteiger partial charge in [0, 0.05) is 10.3 Å². The predicted molar refractivity (Wildman–Crippen MR) is 74.2 cm³/mol. The highest BCUT2D eigenvalue weighted by Gasteiger charge is 2.21. The Kier molecular flexibility index (Phi) is 3.23. The van der Waals surface area contributed by atoms with Crippen LogP contribution in [-0.2, 0) is 0 Å². The molecule has 0 bridgehead atoms. The minimum absolute atomic E-state index is 0.0511. The van der Waals surface area contributed by atoms with E-state index < -0.39 is 23.5 Å². The van der Waals surface area contributed by atoms with E-state index in [-0.39, 0.29) is 5.56 Å². The number of nitrogens with two attached hydrogens (primary N) is 1. The van der Waals surface area contributed by atoms with E-state index in [2.05, 4.69) is 0 Å². The molecular weight excluding hydrogens is 283 g/mol. The third kappa shape index (κ3) is 1.99. The van der Waals surface area contributed by atoms with Crippen molar-refractivity contribution < 1.29 is 13.2 Å². The van der Waals surface area contributed by atoms with Crippen LogP contribution < -0.4 is 5.73 Å². The van der Waals surface area contributed by atoms with E-state index in [9.17, 15) is 13.2 Å². The molecule has 0 aliphatic carbocycles. The van der Waals surface area contributed by atoms with Crippen molar-refractivity contribution in [2.45, 2.75) is 6.04 Å². The minimum Gasteiger partial charge on any atom is -0.320 e. The van der Waals surface area contributed by atoms with Gasteiger partial charge in [-0.2, -0.15) is 0 Å². The molecule has 0 fully saturated rings. The van der Waals surface area contributed by atoms with Crippen LogP contribution in [0.4, 0.5) is 13.2 Å². The van der Waals surface area contributed by atoms with Gasteiger partial charge in [0.2, 0.25) is 0 Å². The van der Waals surface area contributed by atoms with Gasteiger partial charge in [-0.05, 0) is 28.5 Å². The standard InChI is InChI=1S/C15H10F3NS/c16-11-5-4-9(12(17)13(11)18)14(19)10-3-1-2-8-6-7-20-15(8)10/h1-7,14H,19H2. The Bertz CT molecular complexity index is 782. The zero-order valence-electron chi connectivity index (χ0n) is 10.2. The molecule has 102 valence electrons. The first-order valence-corrected chi connectivity index (χ1v) is 6.82. The minimum atomic E-state index is -1.49. The number of hydrogen-bond donors (Lipinski definition) is 1. The van der Waals surface area contributed by atoms with Crippen LogP contribution in [0.2, 0.25) is 0 Å². The molecule has 0 aliphatic rings. The summed E-state index contributed by atoms with van der Waals surface area (Å²) in [7, 11) is 0. The molecule has 2 aromatic carbocycles. The monoisotopic (exact) mass is 293 g/mol. The van der Waals surface area contributed by atoms with Crippen LogP contribution in [0.5, 0.6) is 0 Å². The van der Waals surface area contributed by atoms with Gasteiger partial charge < -0.3 is 5.73 Å². The maximum atomic E-state index is 13.8. The number of benzene rings is 2. The Labute approximate surface area is 117 Å². The summed E-state index contributed by atoms with van der Waals surface area (Å²) in [5.41, 5.74) is 6.68. The van der Waals surface area contributed by atoms with Crippen molar-refractivity contribution >= 4 is 21.4 Å². The lowest BCUT2D eigenvalue weighted by atomic mass is 9.98. The van der Waals surface area contributed by atoms with E-state index in [1.165, 1.54) is 17.4 Å². The summed E-state index contributed by atoms with van der Waals surface area (Å²) in [6.07, 6.45) is 0. The Balaban J connectivity index is 2.16. The summed E-state index contributed by atoms with van der Waals surface area (Å²) in [6, 6.07) is 8.66. The smallest absolute Gasteiger partial charge is 0.194 e. The molecule has 3 rings (SSSR count). The van der Waals surface area contributed by atoms with E-state index in [4.69, 9.17) is 5.73 Å². The molecule has 1 nitrogen and oxygen atoms in total. The number of hydrogen-bond acceptors (Lipinski definition) is 2. The van der Waals surface area contributed by atoms with Crippen molar-refractivity contribution in [3.05, 3.63) is 70.4 Å². The van der Waals surface area contributed by atoms with Gasteiger partial charge in [-0.3, -0.25) is 0 Å². The van der Waals surface area contributed by atoms with Gasteiger partial charge in [0.05, 0.1) is 6.04 Å². The van der Waals surface area contributed by atoms with E-state index in [0.717, 1.165) is 16.2 Å². The van der Waals surface area contributed by atoms with Crippen molar-refractivity contribution in [1.29, 1.82) is 0 Å². The van der Waals surface area contributed by atoms with Crippen LogP contribution in [-0.4, -0.2) is 0 Å². The van der Waals surface area contributed by atoms with Crippen molar-refractivity contribution in [1.82, 2.24) is 0 Å². The first-order chi connectivity index (χ1) is 9.59. The molecule has 1 unspecified atom stereocenters. The normalized spacial score (nSPS) is 12.8. The van der Waals surface area contributed by atoms with Crippen molar-refractivity contribution in [3.8, 4) is 0 Å². The Morgan fingerprint density at radius 1 is 0.900 bits per heavy atom. The lowest BCUT2D eigenvalue weighted by molar-refractivity contribution is 0.438. The van der Waals surface area contributed by atoms with E-state index in [0.29, 0.717) is 5.56 Å². The Morgan fingerprint density at radius 2 is 1.70 bits per heavy atom. The number of thiophene rings is 1. The highest BCUT2D eigenvalue weighted by molar-refractivity contribution is 7.17. The summed E-state index contributed by atoms with van der Waals surface area (Å²) in [5, 5.41) is 2.90. The van der Waals surface area contributed by atoms with E-state index >= 15 is 0 Å². The highest BCUT2D eigenvalue weighted by atomic mass is 32.1. The molecule has 3 aromatic rings. The lowest BCUT2D eigenvalue weighted by Crippen LogP contribution is -2.15. The van der Waals surface area contributed by atoms with Crippen molar-refractivity contribution in [3.63, 3.8) is 0 Å². The average molecular weight is 293 g/mol. The Morgan fingerprint density at radius 3 is 2.50 bits per heavy atom. The van der Waals surface area contributed by atoms with Gasteiger partial charge in [0.25, 0.3) is 0 Å². The zero-order valence-corrected chi connectivity index (χ0v) is 11.1. The van der Waals surface area contributed by atoms with Crippen LogP contribution in [0, 0.1) is 17.5 Å². The van der Waals surface area contributed by atoms with Crippen LogP contribution in [0.1, 0.15) is 17.2 Å². The molecule has 1 aromatic heterocycles. The summed E-state index contributed by atoms with van der Waals surface area (Å²) in [6.45, 7) is 0. The Hall–Kier alpha value is -1.85. The molecular formula is C15H10F3NS. The lowest BCUT2D eigenvalue weighted by Gasteiger charge is -2.15. The van der Waals surface area contributed by atoms with Gasteiger partial charge in [0.15, 0.2) is 17.5 Å². The van der Waals surface area contributed by atoms with Gasteiger partial charge in [-0.25, -0.2) is 13.2 Å². The molecule has 0 aliphatic heterocycles. The molecule has 1 atom stereocenters. The molecule has 0 amide bonds. The number of rotatable bonds is 2. The zero-order chi connectivity index (χ0) is 14.3. The summed E-state index contributed by atoms with van der Waals surface area (Å²) < 4.78 is 41.0. The molecule has 0 saturated carbocycles. The average Bonchev–Trinajstić information content (AvgIpc) is 2.92. The van der Waals surface area contributed by atoms with Crippen LogP contribution in [0.25, 0.3) is 10.1 Å². The second-order valence-electron chi connectivity index (χ2n) is 4.43. The molecule has 20 heavy (non-hydrogen) atoms. The second-order valence-corrected chi connectivity index (χ2v) is 5.34. The first-order valence-electron chi connectivity index (χ1n) is 5.94. The third-order valence-electron chi connectivity index (χ3n) is 3.24. The molecule has 0 spiro atoms. The summed E-state index contributed by atoms with van der Waals surface area (Å²) in [5.74, 6) is -3.94. The van der Waals surface area contributed by atoms with E-state index in [1.54, 1.807) is 6.07 Å². The topological polar surface area (TPSA) is 26.0 Å². The van der Waals surface area contributed by atoms with Crippen LogP contribution >= 0.6 is 11.3 Å². The maximum Gasteiger partial charge on any atom is 0.194 e. The first kappa shape index (κ1) is 13.1. The van der Waals surface area contributed by atoms with Crippen molar-refractivity contribution in [2.24, 2.45) is 5.73 Å². The fraction of sp³-hybridized carbons (Fsp3) is 0.0667. The SMILES string of the molecule is NC(c1ccc(F)c(F)c1F)c1cccc2ccsc12. The van der Waals surface area contributed by atoms with Crippen LogP contribution in [0.3, 0.4) is 0 Å². The maximum absolute atomic E-state index is 13.8. The van der Waals surface area contributed by atoms with Gasteiger partial charge >= 0.3 is 0 Å². The summed E-state index contributed by atoms with van der Waals surface area (Å²) in [4.78, 5) is 0.